The summed E-state index contributed by atoms with van der Waals surface area (Å²) in [6.07, 6.45) is 0. The van der Waals surface area contributed by atoms with Crippen LogP contribution in [-0.2, 0) is 5.33 Å². The number of nitrogens with zero attached hydrogens (tertiary/aromatic N) is 1. The van der Waals surface area contributed by atoms with Crippen molar-refractivity contribution in [1.82, 2.24) is 0 Å². The van der Waals surface area contributed by atoms with Gasteiger partial charge in [-0.05, 0) is 39.7 Å². The van der Waals surface area contributed by atoms with Crippen LogP contribution in [0.1, 0.15) is 5.56 Å². The average Bonchev–Trinajstić information content (AvgIpc) is 2.49. The Balaban J connectivity index is 2.33. The van der Waals surface area contributed by atoms with Gasteiger partial charge in [0.2, 0.25) is 0 Å². The predicted molar refractivity (Wildman–Crippen MR) is 86.5 cm³/mol. The van der Waals surface area contributed by atoms with Crippen molar-refractivity contribution in [2.45, 2.75) is 5.33 Å². The fourth-order valence-corrected chi connectivity index (χ4v) is 2.54. The first-order valence-electron chi connectivity index (χ1n) is 5.90. The van der Waals surface area contributed by atoms with Crippen LogP contribution in [0.25, 0.3) is 0 Å². The van der Waals surface area contributed by atoms with E-state index in [4.69, 9.17) is 9.47 Å². The van der Waals surface area contributed by atoms with Crippen molar-refractivity contribution in [2.75, 3.05) is 7.11 Å². The number of methoxy groups -OCH3 is 1. The lowest BCUT2D eigenvalue weighted by molar-refractivity contribution is -0.384. The minimum atomic E-state index is -0.479. The predicted octanol–water partition coefficient (Wildman–Crippen LogP) is 5.05. The normalized spacial score (nSPS) is 10.2. The molecule has 0 aliphatic heterocycles. The lowest BCUT2D eigenvalue weighted by Gasteiger charge is -2.12. The Morgan fingerprint density at radius 1 is 1.14 bits per heavy atom. The fraction of sp³-hybridized carbons (Fsp3) is 0.143. The number of benzene rings is 2. The van der Waals surface area contributed by atoms with E-state index in [-0.39, 0.29) is 5.69 Å². The number of ether oxygens (including phenoxy) is 2. The number of non-ortho nitro benzene ring substituents is 1. The van der Waals surface area contributed by atoms with Crippen molar-refractivity contribution in [2.24, 2.45) is 0 Å². The number of hydrogen-bond donors (Lipinski definition) is 0. The molecule has 0 aliphatic carbocycles. The molecule has 0 saturated carbocycles. The standard InChI is InChI=1S/C14H11Br2NO4/c1-20-14-7-10(17(18)19)3-5-13(14)21-12-4-2-9(8-15)6-11(12)16/h2-7H,8H2,1H3. The molecule has 0 atom stereocenters. The zero-order valence-corrected chi connectivity index (χ0v) is 14.2. The number of hydrogen-bond acceptors (Lipinski definition) is 4. The molecule has 0 aliphatic rings. The molecule has 0 heterocycles. The van der Waals surface area contributed by atoms with E-state index in [9.17, 15) is 10.1 Å². The summed E-state index contributed by atoms with van der Waals surface area (Å²) in [4.78, 5) is 10.3. The third-order valence-corrected chi connectivity index (χ3v) is 4.00. The molecule has 110 valence electrons. The van der Waals surface area contributed by atoms with Crippen LogP contribution in [0.5, 0.6) is 17.2 Å². The third kappa shape index (κ3) is 3.74. The summed E-state index contributed by atoms with van der Waals surface area (Å²) in [5.41, 5.74) is 1.05. The van der Waals surface area contributed by atoms with Crippen molar-refractivity contribution in [3.8, 4) is 17.2 Å². The van der Waals surface area contributed by atoms with Crippen molar-refractivity contribution in [3.05, 3.63) is 56.5 Å². The minimum absolute atomic E-state index is 0.0482. The number of nitro groups is 1. The summed E-state index contributed by atoms with van der Waals surface area (Å²) in [5.74, 6) is 1.32. The van der Waals surface area contributed by atoms with Gasteiger partial charge >= 0.3 is 0 Å². The summed E-state index contributed by atoms with van der Waals surface area (Å²) in [7, 11) is 1.44. The molecule has 0 unspecified atom stereocenters. The van der Waals surface area contributed by atoms with Crippen LogP contribution in [0.2, 0.25) is 0 Å². The Hall–Kier alpha value is -1.60. The molecule has 0 bridgehead atoms. The highest BCUT2D eigenvalue weighted by molar-refractivity contribution is 9.10. The summed E-state index contributed by atoms with van der Waals surface area (Å²) < 4.78 is 11.7. The largest absolute Gasteiger partial charge is 0.493 e. The lowest BCUT2D eigenvalue weighted by Crippen LogP contribution is -1.94. The maximum absolute atomic E-state index is 10.8. The van der Waals surface area contributed by atoms with Crippen LogP contribution in [0.15, 0.2) is 40.9 Å². The van der Waals surface area contributed by atoms with E-state index in [1.807, 2.05) is 18.2 Å². The van der Waals surface area contributed by atoms with Gasteiger partial charge in [0.05, 0.1) is 22.6 Å². The van der Waals surface area contributed by atoms with Crippen LogP contribution in [0.3, 0.4) is 0 Å². The summed E-state index contributed by atoms with van der Waals surface area (Å²) in [6.45, 7) is 0. The lowest BCUT2D eigenvalue weighted by atomic mass is 10.2. The van der Waals surface area contributed by atoms with Gasteiger partial charge in [0, 0.05) is 11.4 Å². The zero-order valence-electron chi connectivity index (χ0n) is 11.0. The first-order chi connectivity index (χ1) is 10.0. The van der Waals surface area contributed by atoms with Crippen molar-refractivity contribution < 1.29 is 14.4 Å². The first-order valence-corrected chi connectivity index (χ1v) is 7.81. The van der Waals surface area contributed by atoms with Gasteiger partial charge in [-0.25, -0.2) is 0 Å². The van der Waals surface area contributed by atoms with Crippen molar-refractivity contribution in [3.63, 3.8) is 0 Å². The van der Waals surface area contributed by atoms with Gasteiger partial charge in [-0.1, -0.05) is 22.0 Å². The van der Waals surface area contributed by atoms with Gasteiger partial charge in [0.25, 0.3) is 5.69 Å². The molecule has 0 amide bonds. The Kier molecular flexibility index (Phi) is 5.19. The molecule has 21 heavy (non-hydrogen) atoms. The first kappa shape index (κ1) is 15.8. The number of nitro benzene ring substituents is 1. The molecular weight excluding hydrogens is 406 g/mol. The molecule has 0 spiro atoms. The monoisotopic (exact) mass is 415 g/mol. The zero-order chi connectivity index (χ0) is 15.4. The quantitative estimate of drug-likeness (QED) is 0.388. The molecule has 7 heteroatoms. The second-order valence-corrected chi connectivity index (χ2v) is 5.51. The molecule has 0 radical (unpaired) electrons. The molecule has 2 aromatic carbocycles. The van der Waals surface area contributed by atoms with E-state index < -0.39 is 4.92 Å². The van der Waals surface area contributed by atoms with Gasteiger partial charge in [0.1, 0.15) is 5.75 Å². The maximum atomic E-state index is 10.8. The molecule has 2 rings (SSSR count). The summed E-state index contributed by atoms with van der Waals surface area (Å²) in [5, 5.41) is 11.5. The Bertz CT molecular complexity index is 676. The van der Waals surface area contributed by atoms with E-state index in [1.165, 1.54) is 25.3 Å². The second-order valence-electron chi connectivity index (χ2n) is 4.09. The van der Waals surface area contributed by atoms with E-state index in [2.05, 4.69) is 31.9 Å². The highest BCUT2D eigenvalue weighted by Gasteiger charge is 2.14. The number of halogens is 2. The molecule has 5 nitrogen and oxygen atoms in total. The van der Waals surface area contributed by atoms with E-state index in [1.54, 1.807) is 0 Å². The average molecular weight is 417 g/mol. The van der Waals surface area contributed by atoms with Crippen molar-refractivity contribution in [1.29, 1.82) is 0 Å². The topological polar surface area (TPSA) is 61.6 Å². The van der Waals surface area contributed by atoms with Gasteiger partial charge < -0.3 is 9.47 Å². The molecule has 2 aromatic rings. The molecule has 0 aromatic heterocycles. The van der Waals surface area contributed by atoms with Gasteiger partial charge in [-0.2, -0.15) is 0 Å². The Morgan fingerprint density at radius 2 is 1.86 bits per heavy atom. The second kappa shape index (κ2) is 6.91. The molecule has 0 saturated heterocycles. The van der Waals surface area contributed by atoms with E-state index >= 15 is 0 Å². The maximum Gasteiger partial charge on any atom is 0.273 e. The molecule has 0 N–H and O–H groups in total. The highest BCUT2D eigenvalue weighted by atomic mass is 79.9. The van der Waals surface area contributed by atoms with Gasteiger partial charge in [0.15, 0.2) is 11.5 Å². The Labute approximate surface area is 138 Å². The number of rotatable bonds is 5. The van der Waals surface area contributed by atoms with Crippen LogP contribution >= 0.6 is 31.9 Å². The fourth-order valence-electron chi connectivity index (χ4n) is 1.68. The summed E-state index contributed by atoms with van der Waals surface area (Å²) in [6, 6.07) is 9.90. The minimum Gasteiger partial charge on any atom is -0.493 e. The summed E-state index contributed by atoms with van der Waals surface area (Å²) >= 11 is 6.82. The number of alkyl halides is 1. The van der Waals surface area contributed by atoms with Crippen LogP contribution in [-0.4, -0.2) is 12.0 Å². The van der Waals surface area contributed by atoms with Crippen LogP contribution in [0, 0.1) is 10.1 Å². The van der Waals surface area contributed by atoms with E-state index in [0.29, 0.717) is 17.2 Å². The molecular formula is C14H11Br2NO4. The third-order valence-electron chi connectivity index (χ3n) is 2.73. The van der Waals surface area contributed by atoms with Crippen LogP contribution < -0.4 is 9.47 Å². The van der Waals surface area contributed by atoms with Gasteiger partial charge in [-0.3, -0.25) is 10.1 Å². The van der Waals surface area contributed by atoms with Crippen molar-refractivity contribution >= 4 is 37.5 Å². The van der Waals surface area contributed by atoms with Crippen LogP contribution in [0.4, 0.5) is 5.69 Å². The Morgan fingerprint density at radius 3 is 2.43 bits per heavy atom. The van der Waals surface area contributed by atoms with E-state index in [0.717, 1.165) is 15.4 Å². The molecule has 0 fully saturated rings. The van der Waals surface area contributed by atoms with Gasteiger partial charge in [-0.15, -0.1) is 0 Å². The smallest absolute Gasteiger partial charge is 0.273 e. The highest BCUT2D eigenvalue weighted by Crippen LogP contribution is 2.37. The SMILES string of the molecule is COc1cc([N+](=O)[O-])ccc1Oc1ccc(CBr)cc1Br.